The lowest BCUT2D eigenvalue weighted by atomic mass is 9.97. The molecule has 0 aliphatic heterocycles. The Morgan fingerprint density at radius 2 is 2.14 bits per heavy atom. The average molecular weight is 190 g/mol. The van der Waals surface area contributed by atoms with Gasteiger partial charge in [0.25, 0.3) is 5.69 Å². The van der Waals surface area contributed by atoms with Gasteiger partial charge in [-0.1, -0.05) is 26.5 Å². The summed E-state index contributed by atoms with van der Waals surface area (Å²) in [5.41, 5.74) is 1.83. The number of hydrogen-bond donors (Lipinski definition) is 0. The van der Waals surface area contributed by atoms with E-state index in [0.29, 0.717) is 11.5 Å². The Morgan fingerprint density at radius 1 is 1.50 bits per heavy atom. The molecule has 0 aliphatic rings. The van der Waals surface area contributed by atoms with Gasteiger partial charge in [0.1, 0.15) is 0 Å². The molecular formula is C11H12NO2. The zero-order chi connectivity index (χ0) is 10.7. The standard InChI is InChI=1S/C11H12NO2/c1-4-9-7-10(12(13)14)5-6-11(9)8(2)3/h5-8H,1H2,2-3H3. The van der Waals surface area contributed by atoms with Crippen molar-refractivity contribution in [2.45, 2.75) is 19.8 Å². The van der Waals surface area contributed by atoms with Crippen LogP contribution in [0.2, 0.25) is 0 Å². The van der Waals surface area contributed by atoms with Gasteiger partial charge in [0, 0.05) is 12.1 Å². The molecule has 14 heavy (non-hydrogen) atoms. The van der Waals surface area contributed by atoms with Crippen molar-refractivity contribution in [3.05, 3.63) is 52.1 Å². The maximum absolute atomic E-state index is 10.5. The first-order valence-electron chi connectivity index (χ1n) is 4.37. The topological polar surface area (TPSA) is 43.1 Å². The number of non-ortho nitro benzene ring substituents is 1. The van der Waals surface area contributed by atoms with E-state index >= 15 is 0 Å². The van der Waals surface area contributed by atoms with Crippen LogP contribution in [0.15, 0.2) is 24.8 Å². The molecule has 0 N–H and O–H groups in total. The van der Waals surface area contributed by atoms with Gasteiger partial charge in [-0.15, -0.1) is 0 Å². The van der Waals surface area contributed by atoms with Crippen LogP contribution in [0.1, 0.15) is 30.9 Å². The molecule has 73 valence electrons. The smallest absolute Gasteiger partial charge is 0.258 e. The van der Waals surface area contributed by atoms with Gasteiger partial charge < -0.3 is 0 Å². The lowest BCUT2D eigenvalue weighted by Gasteiger charge is -2.08. The minimum absolute atomic E-state index is 0.0838. The number of nitro benzene ring substituents is 1. The van der Waals surface area contributed by atoms with Crippen molar-refractivity contribution in [2.24, 2.45) is 0 Å². The minimum atomic E-state index is -0.412. The van der Waals surface area contributed by atoms with Gasteiger partial charge in [0.15, 0.2) is 0 Å². The molecule has 0 bridgehead atoms. The lowest BCUT2D eigenvalue weighted by molar-refractivity contribution is -0.384. The van der Waals surface area contributed by atoms with Gasteiger partial charge in [-0.25, -0.2) is 0 Å². The van der Waals surface area contributed by atoms with E-state index in [9.17, 15) is 10.1 Å². The van der Waals surface area contributed by atoms with Gasteiger partial charge in [0.2, 0.25) is 0 Å². The average Bonchev–Trinajstić information content (AvgIpc) is 2.16. The number of nitrogens with zero attached hydrogens (tertiary/aromatic N) is 1. The first-order chi connectivity index (χ1) is 6.56. The Hall–Kier alpha value is -1.64. The Morgan fingerprint density at radius 3 is 2.57 bits per heavy atom. The summed E-state index contributed by atoms with van der Waals surface area (Å²) in [6.07, 6.45) is 2.72. The van der Waals surface area contributed by atoms with Crippen LogP contribution in [-0.2, 0) is 0 Å². The number of hydrogen-bond acceptors (Lipinski definition) is 2. The molecule has 0 amide bonds. The highest BCUT2D eigenvalue weighted by Gasteiger charge is 2.10. The van der Waals surface area contributed by atoms with Crippen molar-refractivity contribution < 1.29 is 4.92 Å². The van der Waals surface area contributed by atoms with E-state index in [0.717, 1.165) is 5.56 Å². The highest BCUT2D eigenvalue weighted by atomic mass is 16.6. The molecule has 1 aromatic carbocycles. The van der Waals surface area contributed by atoms with Crippen molar-refractivity contribution in [1.29, 1.82) is 0 Å². The summed E-state index contributed by atoms with van der Waals surface area (Å²) >= 11 is 0. The van der Waals surface area contributed by atoms with Crippen LogP contribution in [0.25, 0.3) is 0 Å². The normalized spacial score (nSPS) is 10.2. The second-order valence-electron chi connectivity index (χ2n) is 3.36. The van der Waals surface area contributed by atoms with E-state index in [1.165, 1.54) is 12.1 Å². The van der Waals surface area contributed by atoms with E-state index in [1.807, 2.05) is 13.8 Å². The van der Waals surface area contributed by atoms with Crippen LogP contribution in [0.5, 0.6) is 0 Å². The first-order valence-corrected chi connectivity index (χ1v) is 4.37. The Kier molecular flexibility index (Phi) is 3.02. The third-order valence-corrected chi connectivity index (χ3v) is 2.06. The van der Waals surface area contributed by atoms with E-state index in [2.05, 4.69) is 12.7 Å². The van der Waals surface area contributed by atoms with Crippen LogP contribution in [0.4, 0.5) is 5.69 Å². The molecule has 0 saturated carbocycles. The van der Waals surface area contributed by atoms with Crippen molar-refractivity contribution in [1.82, 2.24) is 0 Å². The minimum Gasteiger partial charge on any atom is -0.258 e. The molecule has 0 heterocycles. The zero-order valence-electron chi connectivity index (χ0n) is 8.28. The van der Waals surface area contributed by atoms with Crippen molar-refractivity contribution in [3.63, 3.8) is 0 Å². The number of rotatable bonds is 3. The highest BCUT2D eigenvalue weighted by molar-refractivity contribution is 5.43. The molecule has 0 unspecified atom stereocenters. The van der Waals surface area contributed by atoms with Crippen LogP contribution in [0.3, 0.4) is 0 Å². The van der Waals surface area contributed by atoms with E-state index in [-0.39, 0.29) is 5.69 Å². The highest BCUT2D eigenvalue weighted by Crippen LogP contribution is 2.23. The van der Waals surface area contributed by atoms with Gasteiger partial charge in [-0.05, 0) is 23.1 Å². The van der Waals surface area contributed by atoms with Crippen molar-refractivity contribution >= 4 is 5.69 Å². The summed E-state index contributed by atoms with van der Waals surface area (Å²) in [7, 11) is 0. The molecule has 3 nitrogen and oxygen atoms in total. The summed E-state index contributed by atoms with van der Waals surface area (Å²) in [4.78, 5) is 10.1. The van der Waals surface area contributed by atoms with Crippen LogP contribution in [0, 0.1) is 16.2 Å². The monoisotopic (exact) mass is 190 g/mol. The van der Waals surface area contributed by atoms with E-state index in [1.54, 1.807) is 6.07 Å². The predicted octanol–water partition coefficient (Wildman–Crippen LogP) is 3.06. The van der Waals surface area contributed by atoms with Gasteiger partial charge in [-0.3, -0.25) is 10.1 Å². The quantitative estimate of drug-likeness (QED) is 0.543. The molecule has 1 rings (SSSR count). The van der Waals surface area contributed by atoms with E-state index < -0.39 is 4.92 Å². The number of nitro groups is 1. The molecule has 0 saturated heterocycles. The first kappa shape index (κ1) is 10.4. The molecule has 0 aliphatic carbocycles. The molecule has 0 atom stereocenters. The van der Waals surface area contributed by atoms with Crippen molar-refractivity contribution in [2.75, 3.05) is 0 Å². The molecule has 0 fully saturated rings. The fourth-order valence-electron chi connectivity index (χ4n) is 1.31. The van der Waals surface area contributed by atoms with E-state index in [4.69, 9.17) is 0 Å². The third-order valence-electron chi connectivity index (χ3n) is 2.06. The Labute approximate surface area is 83.2 Å². The largest absolute Gasteiger partial charge is 0.270 e. The molecule has 0 spiro atoms. The lowest BCUT2D eigenvalue weighted by Crippen LogP contribution is -1.95. The van der Waals surface area contributed by atoms with Gasteiger partial charge in [-0.2, -0.15) is 0 Å². The molecule has 1 radical (unpaired) electrons. The zero-order valence-corrected chi connectivity index (χ0v) is 8.28. The summed E-state index contributed by atoms with van der Waals surface area (Å²) < 4.78 is 0. The summed E-state index contributed by atoms with van der Waals surface area (Å²) in [5, 5.41) is 10.5. The second-order valence-corrected chi connectivity index (χ2v) is 3.36. The van der Waals surface area contributed by atoms with Crippen molar-refractivity contribution in [3.8, 4) is 0 Å². The number of benzene rings is 1. The van der Waals surface area contributed by atoms with Crippen LogP contribution in [-0.4, -0.2) is 4.92 Å². The SMILES string of the molecule is C=[C]c1cc([N+](=O)[O-])ccc1C(C)C. The van der Waals surface area contributed by atoms with Crippen LogP contribution >= 0.6 is 0 Å². The van der Waals surface area contributed by atoms with Gasteiger partial charge >= 0.3 is 0 Å². The molecule has 1 aromatic rings. The van der Waals surface area contributed by atoms with Gasteiger partial charge in [0.05, 0.1) is 4.92 Å². The Balaban J connectivity index is 3.25. The second kappa shape index (κ2) is 4.05. The molecular weight excluding hydrogens is 178 g/mol. The summed E-state index contributed by atoms with van der Waals surface area (Å²) in [6, 6.07) is 4.77. The fourth-order valence-corrected chi connectivity index (χ4v) is 1.31. The predicted molar refractivity (Wildman–Crippen MR) is 55.2 cm³/mol. The molecule has 0 aromatic heterocycles. The summed E-state index contributed by atoms with van der Waals surface area (Å²) in [6.45, 7) is 7.59. The maximum Gasteiger partial charge on any atom is 0.270 e. The molecule has 3 heteroatoms. The summed E-state index contributed by atoms with van der Waals surface area (Å²) in [5.74, 6) is 0.319. The fraction of sp³-hybridized carbons (Fsp3) is 0.273. The maximum atomic E-state index is 10.5. The third kappa shape index (κ3) is 1.99. The Bertz CT molecular complexity index is 370. The van der Waals surface area contributed by atoms with Crippen LogP contribution < -0.4 is 0 Å².